The molecule has 0 fully saturated rings. The van der Waals surface area contributed by atoms with E-state index in [1.807, 2.05) is 0 Å². The summed E-state index contributed by atoms with van der Waals surface area (Å²) in [6, 6.07) is 0. The molecule has 0 bridgehead atoms. The van der Waals surface area contributed by atoms with E-state index in [4.69, 9.17) is 14.9 Å². The van der Waals surface area contributed by atoms with Crippen LogP contribution in [0.3, 0.4) is 0 Å². The minimum Gasteiger partial charge on any atom is -0.512 e. The van der Waals surface area contributed by atoms with E-state index in [1.54, 1.807) is 0 Å². The molecular formula is C16H30O3. The van der Waals surface area contributed by atoms with Crippen LogP contribution < -0.4 is 0 Å². The molecule has 0 aliphatic rings. The highest BCUT2D eigenvalue weighted by molar-refractivity contribution is 4.97. The number of aliphatic hydroxyl groups excluding tert-OH is 2. The van der Waals surface area contributed by atoms with Gasteiger partial charge >= 0.3 is 0 Å². The van der Waals surface area contributed by atoms with Crippen molar-refractivity contribution in [3.8, 4) is 0 Å². The van der Waals surface area contributed by atoms with E-state index in [-0.39, 0.29) is 0 Å². The number of allylic oxidation sites excluding steroid dienone is 2. The molecule has 0 amide bonds. The van der Waals surface area contributed by atoms with E-state index in [9.17, 15) is 0 Å². The first-order chi connectivity index (χ1) is 9.28. The van der Waals surface area contributed by atoms with Crippen molar-refractivity contribution in [2.24, 2.45) is 0 Å². The van der Waals surface area contributed by atoms with Gasteiger partial charge in [0.05, 0.1) is 0 Å². The van der Waals surface area contributed by atoms with E-state index in [1.165, 1.54) is 25.7 Å². The predicted molar refractivity (Wildman–Crippen MR) is 80.0 cm³/mol. The van der Waals surface area contributed by atoms with Crippen LogP contribution in [-0.4, -0.2) is 10.2 Å². The first-order valence-corrected chi connectivity index (χ1v) is 7.62. The number of rotatable bonds is 12. The molecule has 3 nitrogen and oxygen atoms in total. The Morgan fingerprint density at radius 2 is 1.16 bits per heavy atom. The van der Waals surface area contributed by atoms with Gasteiger partial charge in [-0.3, -0.25) is 0 Å². The summed E-state index contributed by atoms with van der Waals surface area (Å²) < 4.78 is 5.53. The fraction of sp³-hybridized carbons (Fsp3) is 0.750. The molecule has 2 N–H and O–H groups in total. The largest absolute Gasteiger partial charge is 0.512 e. The number of ether oxygens (including phenoxy) is 1. The molecule has 0 unspecified atom stereocenters. The van der Waals surface area contributed by atoms with Gasteiger partial charge in [0.15, 0.2) is 0 Å². The van der Waals surface area contributed by atoms with Gasteiger partial charge in [0.2, 0.25) is 0 Å². The molecule has 0 saturated carbocycles. The Morgan fingerprint density at radius 3 is 1.47 bits per heavy atom. The third kappa shape index (κ3) is 10.5. The maximum absolute atomic E-state index is 9.14. The molecule has 0 aromatic rings. The maximum atomic E-state index is 9.14. The van der Waals surface area contributed by atoms with Crippen molar-refractivity contribution in [1.29, 1.82) is 0 Å². The van der Waals surface area contributed by atoms with Crippen LogP contribution in [0.4, 0.5) is 0 Å². The van der Waals surface area contributed by atoms with Crippen LogP contribution in [0.1, 0.15) is 78.1 Å². The lowest BCUT2D eigenvalue weighted by molar-refractivity contribution is 0.238. The predicted octanol–water partition coefficient (Wildman–Crippen LogP) is 5.74. The third-order valence-electron chi connectivity index (χ3n) is 3.10. The van der Waals surface area contributed by atoms with Crippen LogP contribution in [0.5, 0.6) is 0 Å². The molecule has 0 aromatic heterocycles. The lowest BCUT2D eigenvalue weighted by Gasteiger charge is -2.11. The van der Waals surface area contributed by atoms with Gasteiger partial charge < -0.3 is 14.9 Å². The summed E-state index contributed by atoms with van der Waals surface area (Å²) in [7, 11) is 0. The van der Waals surface area contributed by atoms with Crippen LogP contribution in [0.25, 0.3) is 0 Å². The van der Waals surface area contributed by atoms with E-state index in [2.05, 4.69) is 13.8 Å². The average Bonchev–Trinajstić information content (AvgIpc) is 2.44. The Kier molecular flexibility index (Phi) is 12.5. The van der Waals surface area contributed by atoms with Crippen LogP contribution in [0.2, 0.25) is 0 Å². The molecule has 19 heavy (non-hydrogen) atoms. The van der Waals surface area contributed by atoms with Crippen LogP contribution in [0, 0.1) is 0 Å². The van der Waals surface area contributed by atoms with E-state index in [0.717, 1.165) is 51.0 Å². The third-order valence-corrected chi connectivity index (χ3v) is 3.10. The van der Waals surface area contributed by atoms with Crippen LogP contribution in [-0.2, 0) is 4.74 Å². The summed E-state index contributed by atoms with van der Waals surface area (Å²) in [5, 5.41) is 18.3. The van der Waals surface area contributed by atoms with Gasteiger partial charge in [0, 0.05) is 12.8 Å². The molecule has 3 heteroatoms. The minimum atomic E-state index is 0.548. The summed E-state index contributed by atoms with van der Waals surface area (Å²) in [6.45, 7) is 4.34. The molecule has 0 atom stereocenters. The second kappa shape index (κ2) is 13.3. The second-order valence-corrected chi connectivity index (χ2v) is 4.91. The SMILES string of the molecule is CCCCCCC(=CO)OC(=CO)CCCCCC. The lowest BCUT2D eigenvalue weighted by atomic mass is 10.1. The zero-order chi connectivity index (χ0) is 14.3. The van der Waals surface area contributed by atoms with Crippen LogP contribution >= 0.6 is 0 Å². The fourth-order valence-corrected chi connectivity index (χ4v) is 1.90. The molecule has 0 aliphatic carbocycles. The minimum absolute atomic E-state index is 0.548. The van der Waals surface area contributed by atoms with Crippen molar-refractivity contribution < 1.29 is 14.9 Å². The highest BCUT2D eigenvalue weighted by atomic mass is 16.5. The Balaban J connectivity index is 3.91. The number of hydrogen-bond acceptors (Lipinski definition) is 3. The number of hydrogen-bond donors (Lipinski definition) is 2. The normalized spacial score (nSPS) is 12.7. The quantitative estimate of drug-likeness (QED) is 0.351. The Hall–Kier alpha value is -1.12. The Morgan fingerprint density at radius 1 is 0.737 bits per heavy atom. The van der Waals surface area contributed by atoms with E-state index < -0.39 is 0 Å². The molecule has 0 radical (unpaired) electrons. The van der Waals surface area contributed by atoms with Gasteiger partial charge in [-0.15, -0.1) is 0 Å². The van der Waals surface area contributed by atoms with Gasteiger partial charge in [-0.1, -0.05) is 52.4 Å². The zero-order valence-electron chi connectivity index (χ0n) is 12.5. The molecule has 0 spiro atoms. The van der Waals surface area contributed by atoms with Crippen molar-refractivity contribution in [3.63, 3.8) is 0 Å². The smallest absolute Gasteiger partial charge is 0.138 e. The standard InChI is InChI=1S/C16H30O3/c1-3-5-7-9-11-15(13-17)19-16(14-18)12-10-8-6-4-2/h13-14,17-18H,3-12H2,1-2H3. The Bertz CT molecular complexity index is 231. The highest BCUT2D eigenvalue weighted by Crippen LogP contribution is 2.18. The zero-order valence-corrected chi connectivity index (χ0v) is 12.5. The van der Waals surface area contributed by atoms with E-state index in [0.29, 0.717) is 11.5 Å². The molecule has 0 saturated heterocycles. The summed E-state index contributed by atoms with van der Waals surface area (Å²) in [4.78, 5) is 0. The fourth-order valence-electron chi connectivity index (χ4n) is 1.90. The maximum Gasteiger partial charge on any atom is 0.138 e. The molecule has 0 aliphatic heterocycles. The van der Waals surface area contributed by atoms with Gasteiger partial charge in [-0.25, -0.2) is 0 Å². The summed E-state index contributed by atoms with van der Waals surface area (Å²) in [5.41, 5.74) is 0. The summed E-state index contributed by atoms with van der Waals surface area (Å²) in [5.74, 6) is 1.10. The first-order valence-electron chi connectivity index (χ1n) is 7.62. The number of aliphatic hydroxyl groups is 2. The highest BCUT2D eigenvalue weighted by Gasteiger charge is 2.05. The summed E-state index contributed by atoms with van der Waals surface area (Å²) >= 11 is 0. The number of unbranched alkanes of at least 4 members (excludes halogenated alkanes) is 6. The van der Waals surface area contributed by atoms with Gasteiger partial charge in [0.25, 0.3) is 0 Å². The van der Waals surface area contributed by atoms with Crippen molar-refractivity contribution in [3.05, 3.63) is 24.0 Å². The van der Waals surface area contributed by atoms with Gasteiger partial charge in [-0.2, -0.15) is 0 Å². The molecule has 112 valence electrons. The summed E-state index contributed by atoms with van der Waals surface area (Å²) in [6.07, 6.45) is 12.6. The monoisotopic (exact) mass is 270 g/mol. The lowest BCUT2D eigenvalue weighted by Crippen LogP contribution is -1.96. The van der Waals surface area contributed by atoms with Gasteiger partial charge in [-0.05, 0) is 12.8 Å². The first kappa shape index (κ1) is 17.9. The van der Waals surface area contributed by atoms with Crippen molar-refractivity contribution >= 4 is 0 Å². The second-order valence-electron chi connectivity index (χ2n) is 4.91. The molecule has 0 rings (SSSR count). The van der Waals surface area contributed by atoms with Crippen LogP contribution in [0.15, 0.2) is 24.0 Å². The Labute approximate surface area is 118 Å². The van der Waals surface area contributed by atoms with Crippen molar-refractivity contribution in [2.45, 2.75) is 78.1 Å². The molecular weight excluding hydrogens is 240 g/mol. The van der Waals surface area contributed by atoms with Crippen molar-refractivity contribution in [2.75, 3.05) is 0 Å². The average molecular weight is 270 g/mol. The molecule has 0 heterocycles. The molecule has 0 aromatic carbocycles. The van der Waals surface area contributed by atoms with E-state index >= 15 is 0 Å². The topological polar surface area (TPSA) is 49.7 Å². The van der Waals surface area contributed by atoms with Gasteiger partial charge in [0.1, 0.15) is 24.0 Å². The van der Waals surface area contributed by atoms with Crippen molar-refractivity contribution in [1.82, 2.24) is 0 Å².